The highest BCUT2D eigenvalue weighted by molar-refractivity contribution is 6.01. The first-order valence-electron chi connectivity index (χ1n) is 8.42. The quantitative estimate of drug-likeness (QED) is 0.761. The Kier molecular flexibility index (Phi) is 6.93. The third-order valence-electron chi connectivity index (χ3n) is 3.56. The van der Waals surface area contributed by atoms with Crippen molar-refractivity contribution in [2.75, 3.05) is 12.4 Å². The highest BCUT2D eigenvalue weighted by Gasteiger charge is 2.27. The summed E-state index contributed by atoms with van der Waals surface area (Å²) < 4.78 is 10.1. The third-order valence-corrected chi connectivity index (χ3v) is 3.56. The molecule has 0 aliphatic carbocycles. The van der Waals surface area contributed by atoms with Gasteiger partial charge in [-0.1, -0.05) is 42.5 Å². The van der Waals surface area contributed by atoms with Gasteiger partial charge < -0.3 is 20.1 Å². The molecule has 0 radical (unpaired) electrons. The molecule has 2 amide bonds. The molecule has 0 aliphatic heterocycles. The summed E-state index contributed by atoms with van der Waals surface area (Å²) >= 11 is 0. The van der Waals surface area contributed by atoms with Crippen LogP contribution in [0.4, 0.5) is 10.5 Å². The number of carbonyl (C=O) groups excluding carboxylic acids is 3. The van der Waals surface area contributed by atoms with Gasteiger partial charge in [0.1, 0.15) is 0 Å². The van der Waals surface area contributed by atoms with Crippen molar-refractivity contribution in [2.45, 2.75) is 26.0 Å². The Balaban J connectivity index is 2.23. The number of hydrogen-bond donors (Lipinski definition) is 2. The van der Waals surface area contributed by atoms with Crippen LogP contribution in [0.1, 0.15) is 35.9 Å². The fourth-order valence-electron chi connectivity index (χ4n) is 2.35. The zero-order chi connectivity index (χ0) is 19.8. The minimum absolute atomic E-state index is 0.0640. The van der Waals surface area contributed by atoms with Gasteiger partial charge in [0.25, 0.3) is 0 Å². The van der Waals surface area contributed by atoms with Gasteiger partial charge in [-0.15, -0.1) is 0 Å². The number of nitrogens with one attached hydrogen (secondary N) is 2. The lowest BCUT2D eigenvalue weighted by Gasteiger charge is -2.18. The highest BCUT2D eigenvalue weighted by atomic mass is 16.6. The number of amides is 2. The number of urea groups is 1. The highest BCUT2D eigenvalue weighted by Crippen LogP contribution is 2.23. The van der Waals surface area contributed by atoms with E-state index in [0.717, 1.165) is 0 Å². The van der Waals surface area contributed by atoms with Gasteiger partial charge in [-0.2, -0.15) is 0 Å². The molecule has 27 heavy (non-hydrogen) atoms. The van der Waals surface area contributed by atoms with Gasteiger partial charge in [-0.05, 0) is 26.0 Å². The Morgan fingerprint density at radius 1 is 0.926 bits per heavy atom. The molecule has 0 aromatic heterocycles. The third kappa shape index (κ3) is 5.57. The lowest BCUT2D eigenvalue weighted by Crippen LogP contribution is -2.34. The summed E-state index contributed by atoms with van der Waals surface area (Å²) in [5.41, 5.74) is 0.888. The number of ether oxygens (including phenoxy) is 2. The van der Waals surface area contributed by atoms with Crippen molar-refractivity contribution < 1.29 is 23.9 Å². The summed E-state index contributed by atoms with van der Waals surface area (Å²) in [6.07, 6.45) is -1.21. The van der Waals surface area contributed by atoms with Crippen LogP contribution < -0.4 is 10.6 Å². The van der Waals surface area contributed by atoms with E-state index >= 15 is 0 Å². The molecule has 7 heteroatoms. The van der Waals surface area contributed by atoms with Crippen LogP contribution >= 0.6 is 0 Å². The van der Waals surface area contributed by atoms with E-state index in [1.807, 2.05) is 13.8 Å². The molecule has 0 bridgehead atoms. The van der Waals surface area contributed by atoms with Crippen molar-refractivity contribution in [3.8, 4) is 0 Å². The zero-order valence-electron chi connectivity index (χ0n) is 15.4. The second-order valence-corrected chi connectivity index (χ2v) is 6.02. The first kappa shape index (κ1) is 20.0. The Morgan fingerprint density at radius 2 is 1.56 bits per heavy atom. The molecule has 142 valence electrons. The lowest BCUT2D eigenvalue weighted by atomic mass is 10.1. The van der Waals surface area contributed by atoms with Crippen molar-refractivity contribution in [2.24, 2.45) is 0 Å². The molecule has 1 atom stereocenters. The smallest absolute Gasteiger partial charge is 0.351 e. The molecule has 0 fully saturated rings. The van der Waals surface area contributed by atoms with Crippen LogP contribution in [0.3, 0.4) is 0 Å². The minimum Gasteiger partial charge on any atom is -0.466 e. The second kappa shape index (κ2) is 9.38. The van der Waals surface area contributed by atoms with Crippen LogP contribution in [-0.4, -0.2) is 31.1 Å². The summed E-state index contributed by atoms with van der Waals surface area (Å²) in [6.45, 7) is 3.64. The van der Waals surface area contributed by atoms with E-state index in [-0.39, 0.29) is 17.3 Å². The normalized spacial score (nSPS) is 11.4. The Bertz CT molecular complexity index is 805. The molecule has 0 saturated heterocycles. The van der Waals surface area contributed by atoms with Gasteiger partial charge in [0.05, 0.1) is 18.4 Å². The summed E-state index contributed by atoms with van der Waals surface area (Å²) in [4.78, 5) is 36.7. The second-order valence-electron chi connectivity index (χ2n) is 6.02. The van der Waals surface area contributed by atoms with Crippen LogP contribution in [0.15, 0.2) is 54.6 Å². The number of hydrogen-bond acceptors (Lipinski definition) is 5. The predicted molar refractivity (Wildman–Crippen MR) is 100 cm³/mol. The number of esters is 2. The fraction of sp³-hybridized carbons (Fsp3) is 0.250. The molecule has 0 heterocycles. The average molecular weight is 370 g/mol. The van der Waals surface area contributed by atoms with Crippen LogP contribution in [0.5, 0.6) is 0 Å². The van der Waals surface area contributed by atoms with Crippen LogP contribution in [-0.2, 0) is 14.3 Å². The fourth-order valence-corrected chi connectivity index (χ4v) is 2.35. The number of rotatable bonds is 6. The maximum Gasteiger partial charge on any atom is 0.351 e. The largest absolute Gasteiger partial charge is 0.466 e. The predicted octanol–water partition coefficient (Wildman–Crippen LogP) is 3.29. The van der Waals surface area contributed by atoms with E-state index in [4.69, 9.17) is 9.47 Å². The zero-order valence-corrected chi connectivity index (χ0v) is 15.4. The molecule has 2 aromatic rings. The van der Waals surface area contributed by atoms with Crippen molar-refractivity contribution in [1.29, 1.82) is 0 Å². The molecule has 2 rings (SSSR count). The number of carbonyl (C=O) groups is 3. The van der Waals surface area contributed by atoms with Crippen LogP contribution in [0, 0.1) is 0 Å². The Hall–Kier alpha value is -3.35. The molecule has 2 aromatic carbocycles. The molecular weight excluding hydrogens is 348 g/mol. The molecule has 7 nitrogen and oxygen atoms in total. The lowest BCUT2D eigenvalue weighted by molar-refractivity contribution is -0.151. The van der Waals surface area contributed by atoms with E-state index in [0.29, 0.717) is 5.56 Å². The summed E-state index contributed by atoms with van der Waals surface area (Å²) in [7, 11) is 1.22. The maximum atomic E-state index is 12.7. The van der Waals surface area contributed by atoms with Crippen LogP contribution in [0.25, 0.3) is 0 Å². The Labute approximate surface area is 157 Å². The number of para-hydroxylation sites is 1. The average Bonchev–Trinajstić information content (AvgIpc) is 2.65. The van der Waals surface area contributed by atoms with E-state index < -0.39 is 24.1 Å². The van der Waals surface area contributed by atoms with Crippen molar-refractivity contribution >= 4 is 23.7 Å². The van der Waals surface area contributed by atoms with Gasteiger partial charge in [-0.3, -0.25) is 0 Å². The van der Waals surface area contributed by atoms with E-state index in [9.17, 15) is 14.4 Å². The standard InChI is InChI=1S/C20H22N2O5/c1-13(2)21-20(25)22-16-12-8-7-11-15(16)18(23)27-17(19(24)26-3)14-9-5-4-6-10-14/h4-13,17H,1-3H3,(H2,21,22,25). The number of methoxy groups -OCH3 is 1. The SMILES string of the molecule is COC(=O)C(OC(=O)c1ccccc1NC(=O)NC(C)C)c1ccccc1. The molecule has 1 unspecified atom stereocenters. The molecule has 2 N–H and O–H groups in total. The maximum absolute atomic E-state index is 12.7. The summed E-state index contributed by atoms with van der Waals surface area (Å²) in [5, 5.41) is 5.29. The van der Waals surface area contributed by atoms with Gasteiger partial charge in [0, 0.05) is 11.6 Å². The van der Waals surface area contributed by atoms with E-state index in [1.165, 1.54) is 13.2 Å². The van der Waals surface area contributed by atoms with Crippen LogP contribution in [0.2, 0.25) is 0 Å². The van der Waals surface area contributed by atoms with Crippen molar-refractivity contribution in [3.05, 3.63) is 65.7 Å². The number of benzene rings is 2. The molecule has 0 aliphatic rings. The monoisotopic (exact) mass is 370 g/mol. The minimum atomic E-state index is -1.21. The van der Waals surface area contributed by atoms with Gasteiger partial charge in [-0.25, -0.2) is 14.4 Å². The van der Waals surface area contributed by atoms with E-state index in [1.54, 1.807) is 48.5 Å². The van der Waals surface area contributed by atoms with Gasteiger partial charge in [0.2, 0.25) is 6.10 Å². The topological polar surface area (TPSA) is 93.7 Å². The molecule has 0 spiro atoms. The summed E-state index contributed by atoms with van der Waals surface area (Å²) in [6, 6.07) is 14.4. The van der Waals surface area contributed by atoms with Crippen molar-refractivity contribution in [1.82, 2.24) is 5.32 Å². The van der Waals surface area contributed by atoms with Crippen molar-refractivity contribution in [3.63, 3.8) is 0 Å². The first-order chi connectivity index (χ1) is 12.9. The molecular formula is C20H22N2O5. The van der Waals surface area contributed by atoms with E-state index in [2.05, 4.69) is 10.6 Å². The number of anilines is 1. The Morgan fingerprint density at radius 3 is 2.19 bits per heavy atom. The van der Waals surface area contributed by atoms with Gasteiger partial charge in [0.15, 0.2) is 0 Å². The first-order valence-corrected chi connectivity index (χ1v) is 8.42. The summed E-state index contributed by atoms with van der Waals surface area (Å²) in [5.74, 6) is -1.45. The molecule has 0 saturated carbocycles. The van der Waals surface area contributed by atoms with Gasteiger partial charge >= 0.3 is 18.0 Å².